The molecule has 0 saturated heterocycles. The first-order valence-corrected chi connectivity index (χ1v) is 8.00. The van der Waals surface area contributed by atoms with Crippen LogP contribution < -0.4 is 5.32 Å². The van der Waals surface area contributed by atoms with Crippen LogP contribution in [0.1, 0.15) is 33.7 Å². The van der Waals surface area contributed by atoms with Crippen LogP contribution in [0.3, 0.4) is 0 Å². The van der Waals surface area contributed by atoms with E-state index in [9.17, 15) is 9.59 Å². The molecular formula is C18H21N3O3. The smallest absolute Gasteiger partial charge is 0.338 e. The van der Waals surface area contributed by atoms with E-state index in [1.807, 2.05) is 26.1 Å². The first-order valence-electron chi connectivity index (χ1n) is 8.00. The number of rotatable bonds is 3. The number of fused-ring (bicyclic) bond motifs is 1. The standard InChI is InChI=1S/C18H21N3O3/c1-11-8-14(10-15(12(11)2)18(23)24-3)20-17(22)13-4-6-21-7-5-19-16(21)9-13/h5,7-8,10,13H,4,6,9H2,1-3H3,(H,20,22)/t13-/m1/s1. The van der Waals surface area contributed by atoms with Gasteiger partial charge in [0.05, 0.1) is 12.7 Å². The highest BCUT2D eigenvalue weighted by molar-refractivity contribution is 5.96. The minimum Gasteiger partial charge on any atom is -0.465 e. The van der Waals surface area contributed by atoms with E-state index < -0.39 is 5.97 Å². The highest BCUT2D eigenvalue weighted by Crippen LogP contribution is 2.24. The Morgan fingerprint density at radius 3 is 2.88 bits per heavy atom. The molecule has 3 rings (SSSR count). The fourth-order valence-corrected chi connectivity index (χ4v) is 3.07. The molecule has 1 N–H and O–H groups in total. The number of imidazole rings is 1. The average molecular weight is 327 g/mol. The van der Waals surface area contributed by atoms with Crippen LogP contribution in [0.25, 0.3) is 0 Å². The molecule has 2 aromatic rings. The van der Waals surface area contributed by atoms with Crippen LogP contribution in [0, 0.1) is 19.8 Å². The van der Waals surface area contributed by atoms with Gasteiger partial charge in [0.2, 0.25) is 5.91 Å². The molecule has 0 spiro atoms. The number of aromatic nitrogens is 2. The summed E-state index contributed by atoms with van der Waals surface area (Å²) in [6.07, 6.45) is 5.12. The number of esters is 1. The van der Waals surface area contributed by atoms with Crippen LogP contribution in [-0.4, -0.2) is 28.5 Å². The van der Waals surface area contributed by atoms with Gasteiger partial charge in [0.1, 0.15) is 5.82 Å². The number of benzene rings is 1. The summed E-state index contributed by atoms with van der Waals surface area (Å²) in [6, 6.07) is 3.55. The fourth-order valence-electron chi connectivity index (χ4n) is 3.07. The number of anilines is 1. The molecule has 0 radical (unpaired) electrons. The van der Waals surface area contributed by atoms with E-state index in [1.165, 1.54) is 7.11 Å². The molecule has 24 heavy (non-hydrogen) atoms. The van der Waals surface area contributed by atoms with Crippen molar-refractivity contribution in [1.29, 1.82) is 0 Å². The normalized spacial score (nSPS) is 16.4. The largest absolute Gasteiger partial charge is 0.465 e. The summed E-state index contributed by atoms with van der Waals surface area (Å²) in [7, 11) is 1.35. The number of ether oxygens (including phenoxy) is 1. The second-order valence-corrected chi connectivity index (χ2v) is 6.17. The first kappa shape index (κ1) is 16.2. The van der Waals surface area contributed by atoms with Gasteiger partial charge in [-0.05, 0) is 43.5 Å². The van der Waals surface area contributed by atoms with Crippen LogP contribution in [0.15, 0.2) is 24.5 Å². The molecule has 0 fully saturated rings. The lowest BCUT2D eigenvalue weighted by Gasteiger charge is -2.23. The van der Waals surface area contributed by atoms with E-state index in [4.69, 9.17) is 4.74 Å². The van der Waals surface area contributed by atoms with Crippen molar-refractivity contribution in [1.82, 2.24) is 9.55 Å². The summed E-state index contributed by atoms with van der Waals surface area (Å²) in [5.74, 6) is 0.398. The molecule has 0 saturated carbocycles. The van der Waals surface area contributed by atoms with E-state index >= 15 is 0 Å². The zero-order valence-corrected chi connectivity index (χ0v) is 14.1. The van der Waals surface area contributed by atoms with Gasteiger partial charge in [0.25, 0.3) is 0 Å². The second kappa shape index (κ2) is 6.47. The van der Waals surface area contributed by atoms with Gasteiger partial charge in [-0.2, -0.15) is 0 Å². The summed E-state index contributed by atoms with van der Waals surface area (Å²) in [4.78, 5) is 28.8. The van der Waals surface area contributed by atoms with E-state index in [0.717, 1.165) is 29.9 Å². The third kappa shape index (κ3) is 3.04. The van der Waals surface area contributed by atoms with E-state index in [1.54, 1.807) is 12.3 Å². The summed E-state index contributed by atoms with van der Waals surface area (Å²) in [5, 5.41) is 2.94. The predicted octanol–water partition coefficient (Wildman–Crippen LogP) is 2.49. The topological polar surface area (TPSA) is 73.2 Å². The van der Waals surface area contributed by atoms with Crippen molar-refractivity contribution in [2.45, 2.75) is 33.2 Å². The van der Waals surface area contributed by atoms with Gasteiger partial charge in [-0.15, -0.1) is 0 Å². The van der Waals surface area contributed by atoms with Gasteiger partial charge in [0, 0.05) is 37.0 Å². The van der Waals surface area contributed by atoms with E-state index in [2.05, 4.69) is 14.9 Å². The maximum absolute atomic E-state index is 12.6. The monoisotopic (exact) mass is 327 g/mol. The lowest BCUT2D eigenvalue weighted by molar-refractivity contribution is -0.120. The Hall–Kier alpha value is -2.63. The number of aryl methyl sites for hydroxylation is 2. The van der Waals surface area contributed by atoms with Crippen molar-refractivity contribution in [3.63, 3.8) is 0 Å². The minimum atomic E-state index is -0.397. The quantitative estimate of drug-likeness (QED) is 0.879. The van der Waals surface area contributed by atoms with Crippen LogP contribution in [0.4, 0.5) is 5.69 Å². The van der Waals surface area contributed by atoms with Gasteiger partial charge in [-0.3, -0.25) is 4.79 Å². The molecule has 0 unspecified atom stereocenters. The molecule has 1 amide bonds. The Morgan fingerprint density at radius 2 is 2.12 bits per heavy atom. The lowest BCUT2D eigenvalue weighted by Crippen LogP contribution is -2.30. The van der Waals surface area contributed by atoms with Crippen molar-refractivity contribution in [3.8, 4) is 0 Å². The fraction of sp³-hybridized carbons (Fsp3) is 0.389. The molecule has 126 valence electrons. The third-order valence-corrected chi connectivity index (χ3v) is 4.66. The Bertz CT molecular complexity index is 795. The SMILES string of the molecule is COC(=O)c1cc(NC(=O)[C@@H]2CCn3ccnc3C2)cc(C)c1C. The van der Waals surface area contributed by atoms with Gasteiger partial charge in [-0.25, -0.2) is 9.78 Å². The van der Waals surface area contributed by atoms with Crippen molar-refractivity contribution in [2.75, 3.05) is 12.4 Å². The maximum atomic E-state index is 12.6. The summed E-state index contributed by atoms with van der Waals surface area (Å²) >= 11 is 0. The molecule has 1 atom stereocenters. The Kier molecular flexibility index (Phi) is 4.38. The zero-order chi connectivity index (χ0) is 17.3. The van der Waals surface area contributed by atoms with Gasteiger partial charge < -0.3 is 14.6 Å². The van der Waals surface area contributed by atoms with Crippen LogP contribution in [-0.2, 0) is 22.5 Å². The molecule has 1 aliphatic heterocycles. The number of nitrogens with one attached hydrogen (secondary N) is 1. The molecule has 1 aliphatic rings. The van der Waals surface area contributed by atoms with Crippen LogP contribution in [0.5, 0.6) is 0 Å². The van der Waals surface area contributed by atoms with E-state index in [0.29, 0.717) is 17.7 Å². The van der Waals surface area contributed by atoms with Gasteiger partial charge >= 0.3 is 5.97 Å². The highest BCUT2D eigenvalue weighted by Gasteiger charge is 2.25. The Labute approximate surface area is 140 Å². The highest BCUT2D eigenvalue weighted by atomic mass is 16.5. The molecule has 1 aromatic carbocycles. The Balaban J connectivity index is 1.77. The summed E-state index contributed by atoms with van der Waals surface area (Å²) in [5.41, 5.74) is 2.90. The number of hydrogen-bond donors (Lipinski definition) is 1. The lowest BCUT2D eigenvalue weighted by atomic mass is 9.96. The number of carbonyl (C=O) groups excluding carboxylic acids is 2. The third-order valence-electron chi connectivity index (χ3n) is 4.66. The number of hydrogen-bond acceptors (Lipinski definition) is 4. The van der Waals surface area contributed by atoms with Crippen LogP contribution in [0.2, 0.25) is 0 Å². The summed E-state index contributed by atoms with van der Waals surface area (Å²) < 4.78 is 6.89. The predicted molar refractivity (Wildman–Crippen MR) is 89.9 cm³/mol. The molecule has 0 aliphatic carbocycles. The Morgan fingerprint density at radius 1 is 1.33 bits per heavy atom. The second-order valence-electron chi connectivity index (χ2n) is 6.17. The van der Waals surface area contributed by atoms with Crippen LogP contribution >= 0.6 is 0 Å². The molecular weight excluding hydrogens is 306 g/mol. The molecule has 1 aromatic heterocycles. The maximum Gasteiger partial charge on any atom is 0.338 e. The molecule has 0 bridgehead atoms. The van der Waals surface area contributed by atoms with Crippen molar-refractivity contribution in [3.05, 3.63) is 47.0 Å². The zero-order valence-electron chi connectivity index (χ0n) is 14.1. The van der Waals surface area contributed by atoms with E-state index in [-0.39, 0.29) is 11.8 Å². The number of nitrogens with zero attached hydrogens (tertiary/aromatic N) is 2. The minimum absolute atomic E-state index is 0.0386. The van der Waals surface area contributed by atoms with Crippen molar-refractivity contribution in [2.24, 2.45) is 5.92 Å². The number of methoxy groups -OCH3 is 1. The average Bonchev–Trinajstić information content (AvgIpc) is 3.04. The number of amides is 1. The molecule has 2 heterocycles. The van der Waals surface area contributed by atoms with Gasteiger partial charge in [-0.1, -0.05) is 0 Å². The van der Waals surface area contributed by atoms with Crippen molar-refractivity contribution >= 4 is 17.6 Å². The molecule has 6 nitrogen and oxygen atoms in total. The molecule has 6 heteroatoms. The first-order chi connectivity index (χ1) is 11.5. The van der Waals surface area contributed by atoms with Gasteiger partial charge in [0.15, 0.2) is 0 Å². The summed E-state index contributed by atoms with van der Waals surface area (Å²) in [6.45, 7) is 4.58. The number of carbonyl (C=O) groups is 2. The van der Waals surface area contributed by atoms with Crippen molar-refractivity contribution < 1.29 is 14.3 Å².